The molecule has 0 atom stereocenters. The van der Waals surface area contributed by atoms with Crippen LogP contribution < -0.4 is 4.74 Å². The van der Waals surface area contributed by atoms with Crippen molar-refractivity contribution in [2.45, 2.75) is 20.0 Å². The van der Waals surface area contributed by atoms with Crippen molar-refractivity contribution in [2.24, 2.45) is 0 Å². The molecule has 0 heterocycles. The van der Waals surface area contributed by atoms with Gasteiger partial charge in [-0.05, 0) is 50.2 Å². The van der Waals surface area contributed by atoms with Crippen molar-refractivity contribution in [2.75, 3.05) is 0 Å². The molecule has 0 aromatic heterocycles. The molecule has 0 saturated carbocycles. The van der Waals surface area contributed by atoms with Crippen LogP contribution in [0.25, 0.3) is 0 Å². The Bertz CT molecular complexity index is 599. The first-order valence-electron chi connectivity index (χ1n) is 6.23. The van der Waals surface area contributed by atoms with E-state index in [1.54, 1.807) is 24.3 Å². The predicted molar refractivity (Wildman–Crippen MR) is 72.0 cm³/mol. The fourth-order valence-electron chi connectivity index (χ4n) is 1.81. The summed E-state index contributed by atoms with van der Waals surface area (Å²) in [4.78, 5) is 12.1. The first-order chi connectivity index (χ1) is 9.45. The van der Waals surface area contributed by atoms with E-state index in [1.165, 1.54) is 0 Å². The van der Waals surface area contributed by atoms with Gasteiger partial charge in [0, 0.05) is 17.2 Å². The van der Waals surface area contributed by atoms with Crippen molar-refractivity contribution in [1.82, 2.24) is 0 Å². The number of hydrogen-bond donors (Lipinski definition) is 0. The second-order valence-electron chi connectivity index (χ2n) is 4.68. The molecular formula is C16H14F2O2. The van der Waals surface area contributed by atoms with Gasteiger partial charge < -0.3 is 4.74 Å². The van der Waals surface area contributed by atoms with Crippen LogP contribution in [0.5, 0.6) is 5.75 Å². The smallest absolute Gasteiger partial charge is 0.193 e. The molecule has 2 aromatic carbocycles. The molecule has 2 aromatic rings. The number of halogens is 2. The van der Waals surface area contributed by atoms with E-state index >= 15 is 0 Å². The third kappa shape index (κ3) is 3.41. The number of ketones is 1. The van der Waals surface area contributed by atoms with Crippen molar-refractivity contribution < 1.29 is 18.3 Å². The SMILES string of the molecule is CC(C)Oc1ccc(C(=O)c2cc(F)cc(F)c2)cc1. The second-order valence-corrected chi connectivity index (χ2v) is 4.68. The van der Waals surface area contributed by atoms with E-state index in [2.05, 4.69) is 0 Å². The van der Waals surface area contributed by atoms with Crippen LogP contribution in [0.1, 0.15) is 29.8 Å². The van der Waals surface area contributed by atoms with Crippen LogP contribution in [-0.4, -0.2) is 11.9 Å². The highest BCUT2D eigenvalue weighted by Crippen LogP contribution is 2.17. The van der Waals surface area contributed by atoms with Gasteiger partial charge in [0.25, 0.3) is 0 Å². The molecule has 0 aliphatic heterocycles. The minimum absolute atomic E-state index is 0.0139. The Morgan fingerprint density at radius 3 is 2.00 bits per heavy atom. The van der Waals surface area contributed by atoms with Crippen LogP contribution in [-0.2, 0) is 0 Å². The highest BCUT2D eigenvalue weighted by atomic mass is 19.1. The van der Waals surface area contributed by atoms with E-state index in [1.807, 2.05) is 13.8 Å². The molecule has 2 nitrogen and oxygen atoms in total. The van der Waals surface area contributed by atoms with E-state index < -0.39 is 17.4 Å². The minimum atomic E-state index is -0.770. The first-order valence-corrected chi connectivity index (χ1v) is 6.23. The summed E-state index contributed by atoms with van der Waals surface area (Å²) in [6.07, 6.45) is 0.0360. The third-order valence-corrected chi connectivity index (χ3v) is 2.61. The van der Waals surface area contributed by atoms with Gasteiger partial charge in [-0.3, -0.25) is 4.79 Å². The maximum atomic E-state index is 13.1. The summed E-state index contributed by atoms with van der Waals surface area (Å²) in [6, 6.07) is 9.22. The molecule has 0 unspecified atom stereocenters. The summed E-state index contributed by atoms with van der Waals surface area (Å²) in [6.45, 7) is 3.79. The molecule has 0 aliphatic carbocycles. The molecular weight excluding hydrogens is 262 g/mol. The topological polar surface area (TPSA) is 26.3 Å². The highest BCUT2D eigenvalue weighted by Gasteiger charge is 2.12. The molecule has 0 radical (unpaired) electrons. The van der Waals surface area contributed by atoms with E-state index in [9.17, 15) is 13.6 Å². The predicted octanol–water partition coefficient (Wildman–Crippen LogP) is 3.98. The van der Waals surface area contributed by atoms with E-state index in [0.717, 1.165) is 18.2 Å². The highest BCUT2D eigenvalue weighted by molar-refractivity contribution is 6.09. The van der Waals surface area contributed by atoms with Gasteiger partial charge in [-0.25, -0.2) is 8.78 Å². The van der Waals surface area contributed by atoms with Crippen molar-refractivity contribution in [3.05, 3.63) is 65.2 Å². The monoisotopic (exact) mass is 276 g/mol. The molecule has 0 fully saturated rings. The summed E-state index contributed by atoms with van der Waals surface area (Å²) >= 11 is 0. The number of benzene rings is 2. The molecule has 4 heteroatoms. The standard InChI is InChI=1S/C16H14F2O2/c1-10(2)20-15-5-3-11(4-6-15)16(19)12-7-13(17)9-14(18)8-12/h3-10H,1-2H3. The zero-order valence-corrected chi connectivity index (χ0v) is 11.2. The maximum Gasteiger partial charge on any atom is 0.193 e. The van der Waals surface area contributed by atoms with Gasteiger partial charge in [0.2, 0.25) is 0 Å². The Balaban J connectivity index is 2.24. The first kappa shape index (κ1) is 14.2. The Kier molecular flexibility index (Phi) is 4.13. The lowest BCUT2D eigenvalue weighted by atomic mass is 10.0. The summed E-state index contributed by atoms with van der Waals surface area (Å²) in [7, 11) is 0. The number of rotatable bonds is 4. The van der Waals surface area contributed by atoms with Crippen LogP contribution >= 0.6 is 0 Å². The molecule has 0 spiro atoms. The lowest BCUT2D eigenvalue weighted by Crippen LogP contribution is -2.06. The van der Waals surface area contributed by atoms with Gasteiger partial charge in [-0.15, -0.1) is 0 Å². The van der Waals surface area contributed by atoms with Crippen LogP contribution in [0.2, 0.25) is 0 Å². The molecule has 0 saturated heterocycles. The average Bonchev–Trinajstić information content (AvgIpc) is 2.37. The van der Waals surface area contributed by atoms with E-state index in [0.29, 0.717) is 11.3 Å². The number of carbonyl (C=O) groups is 1. The van der Waals surface area contributed by atoms with Crippen LogP contribution in [0.15, 0.2) is 42.5 Å². The molecule has 2 rings (SSSR count). The van der Waals surface area contributed by atoms with Crippen LogP contribution in [0, 0.1) is 11.6 Å². The van der Waals surface area contributed by atoms with Crippen molar-refractivity contribution in [1.29, 1.82) is 0 Å². The molecule has 104 valence electrons. The van der Waals surface area contributed by atoms with E-state index in [-0.39, 0.29) is 11.7 Å². The summed E-state index contributed by atoms with van der Waals surface area (Å²) < 4.78 is 31.7. The van der Waals surface area contributed by atoms with Crippen LogP contribution in [0.3, 0.4) is 0 Å². The molecule has 0 bridgehead atoms. The van der Waals surface area contributed by atoms with Crippen molar-refractivity contribution in [3.8, 4) is 5.75 Å². The Morgan fingerprint density at radius 2 is 1.50 bits per heavy atom. The quantitative estimate of drug-likeness (QED) is 0.789. The van der Waals surface area contributed by atoms with E-state index in [4.69, 9.17) is 4.74 Å². The van der Waals surface area contributed by atoms with Crippen molar-refractivity contribution in [3.63, 3.8) is 0 Å². The normalized spacial score (nSPS) is 10.7. The third-order valence-electron chi connectivity index (χ3n) is 2.61. The van der Waals surface area contributed by atoms with Crippen molar-refractivity contribution >= 4 is 5.78 Å². The molecule has 0 amide bonds. The van der Waals surface area contributed by atoms with Gasteiger partial charge in [0.15, 0.2) is 5.78 Å². The van der Waals surface area contributed by atoms with Gasteiger partial charge >= 0.3 is 0 Å². The Labute approximate surface area is 116 Å². The summed E-state index contributed by atoms with van der Waals surface area (Å²) in [5.74, 6) is -1.33. The fourth-order valence-corrected chi connectivity index (χ4v) is 1.81. The summed E-state index contributed by atoms with van der Waals surface area (Å²) in [5, 5.41) is 0. The van der Waals surface area contributed by atoms with Gasteiger partial charge in [0.1, 0.15) is 17.4 Å². The Morgan fingerprint density at radius 1 is 0.950 bits per heavy atom. The number of carbonyl (C=O) groups excluding carboxylic acids is 1. The van der Waals surface area contributed by atoms with Crippen LogP contribution in [0.4, 0.5) is 8.78 Å². The zero-order valence-electron chi connectivity index (χ0n) is 11.2. The number of ether oxygens (including phenoxy) is 1. The number of hydrogen-bond acceptors (Lipinski definition) is 2. The second kappa shape index (κ2) is 5.82. The minimum Gasteiger partial charge on any atom is -0.491 e. The maximum absolute atomic E-state index is 13.1. The summed E-state index contributed by atoms with van der Waals surface area (Å²) in [5.41, 5.74) is 0.339. The average molecular weight is 276 g/mol. The Hall–Kier alpha value is -2.23. The molecule has 20 heavy (non-hydrogen) atoms. The fraction of sp³-hybridized carbons (Fsp3) is 0.188. The molecule has 0 aliphatic rings. The zero-order chi connectivity index (χ0) is 14.7. The van der Waals surface area contributed by atoms with Gasteiger partial charge in [-0.1, -0.05) is 0 Å². The van der Waals surface area contributed by atoms with Gasteiger partial charge in [-0.2, -0.15) is 0 Å². The van der Waals surface area contributed by atoms with Gasteiger partial charge in [0.05, 0.1) is 6.10 Å². The lowest BCUT2D eigenvalue weighted by Gasteiger charge is -2.09. The lowest BCUT2D eigenvalue weighted by molar-refractivity contribution is 0.103. The largest absolute Gasteiger partial charge is 0.491 e. The molecule has 0 N–H and O–H groups in total.